The molecule has 0 amide bonds. The number of carbonyl (C=O) groups excluding carboxylic acids is 1. The van der Waals surface area contributed by atoms with Crippen molar-refractivity contribution in [1.82, 2.24) is 0 Å². The van der Waals surface area contributed by atoms with E-state index in [1.807, 2.05) is 24.3 Å². The minimum absolute atomic E-state index is 0.266. The second-order valence-corrected chi connectivity index (χ2v) is 5.43. The molecule has 0 fully saturated rings. The standard InChI is InChI=1S/C18H26O3/c1-4-21-18(19)11-10-15(2)12-16(3)13-20-14-17-8-6-5-7-9-17/h5-11,15-16H,4,12-14H2,1-3H3/b11-10+/t15-,16-/m1/s1. The van der Waals surface area contributed by atoms with Gasteiger partial charge in [-0.15, -0.1) is 0 Å². The van der Waals surface area contributed by atoms with Crippen LogP contribution < -0.4 is 0 Å². The molecule has 0 unspecified atom stereocenters. The lowest BCUT2D eigenvalue weighted by molar-refractivity contribution is -0.137. The van der Waals surface area contributed by atoms with Gasteiger partial charge in [-0.2, -0.15) is 0 Å². The summed E-state index contributed by atoms with van der Waals surface area (Å²) in [7, 11) is 0. The van der Waals surface area contributed by atoms with Crippen LogP contribution in [-0.4, -0.2) is 19.2 Å². The molecular formula is C18H26O3. The number of allylic oxidation sites excluding steroid dienone is 1. The molecule has 1 aromatic carbocycles. The number of ether oxygens (including phenoxy) is 2. The maximum Gasteiger partial charge on any atom is 0.330 e. The average molecular weight is 290 g/mol. The molecule has 3 heteroatoms. The first kappa shape index (κ1) is 17.4. The monoisotopic (exact) mass is 290 g/mol. The molecule has 2 atom stereocenters. The molecule has 0 saturated heterocycles. The first-order chi connectivity index (χ1) is 10.1. The molecule has 0 N–H and O–H groups in total. The van der Waals surface area contributed by atoms with Gasteiger partial charge in [0, 0.05) is 12.7 Å². The number of esters is 1. The van der Waals surface area contributed by atoms with Crippen LogP contribution in [0, 0.1) is 11.8 Å². The van der Waals surface area contributed by atoms with Crippen molar-refractivity contribution < 1.29 is 14.3 Å². The van der Waals surface area contributed by atoms with E-state index in [9.17, 15) is 4.79 Å². The van der Waals surface area contributed by atoms with Crippen LogP contribution in [0.4, 0.5) is 0 Å². The number of rotatable bonds is 9. The van der Waals surface area contributed by atoms with E-state index < -0.39 is 0 Å². The Bertz CT molecular complexity index is 425. The van der Waals surface area contributed by atoms with Crippen LogP contribution in [0.25, 0.3) is 0 Å². The molecule has 0 aromatic heterocycles. The van der Waals surface area contributed by atoms with E-state index in [0.29, 0.717) is 25.0 Å². The molecule has 0 heterocycles. The first-order valence-corrected chi connectivity index (χ1v) is 7.58. The van der Waals surface area contributed by atoms with Gasteiger partial charge in [-0.1, -0.05) is 50.3 Å². The van der Waals surface area contributed by atoms with Gasteiger partial charge in [0.2, 0.25) is 0 Å². The Morgan fingerprint density at radius 2 is 1.95 bits per heavy atom. The van der Waals surface area contributed by atoms with Crippen molar-refractivity contribution >= 4 is 5.97 Å². The highest BCUT2D eigenvalue weighted by molar-refractivity contribution is 5.81. The summed E-state index contributed by atoms with van der Waals surface area (Å²) in [4.78, 5) is 11.2. The van der Waals surface area contributed by atoms with E-state index >= 15 is 0 Å². The summed E-state index contributed by atoms with van der Waals surface area (Å²) in [5.41, 5.74) is 1.19. The van der Waals surface area contributed by atoms with Crippen LogP contribution in [0.1, 0.15) is 32.8 Å². The van der Waals surface area contributed by atoms with Crippen LogP contribution in [0.3, 0.4) is 0 Å². The van der Waals surface area contributed by atoms with Crippen LogP contribution in [0.15, 0.2) is 42.5 Å². The zero-order valence-corrected chi connectivity index (χ0v) is 13.2. The predicted octanol–water partition coefficient (Wildman–Crippen LogP) is 3.98. The van der Waals surface area contributed by atoms with Crippen LogP contribution in [-0.2, 0) is 20.9 Å². The minimum atomic E-state index is -0.266. The molecule has 3 nitrogen and oxygen atoms in total. The zero-order valence-electron chi connectivity index (χ0n) is 13.2. The molecule has 1 rings (SSSR count). The van der Waals surface area contributed by atoms with E-state index in [2.05, 4.69) is 26.0 Å². The zero-order chi connectivity index (χ0) is 15.5. The summed E-state index contributed by atoms with van der Waals surface area (Å²) >= 11 is 0. The summed E-state index contributed by atoms with van der Waals surface area (Å²) in [6.45, 7) is 7.87. The third-order valence-corrected chi connectivity index (χ3v) is 3.14. The van der Waals surface area contributed by atoms with Crippen molar-refractivity contribution in [2.24, 2.45) is 11.8 Å². The number of hydrogen-bond donors (Lipinski definition) is 0. The Morgan fingerprint density at radius 3 is 2.62 bits per heavy atom. The van der Waals surface area contributed by atoms with Crippen LogP contribution in [0.5, 0.6) is 0 Å². The third kappa shape index (κ3) is 8.30. The van der Waals surface area contributed by atoms with Gasteiger partial charge in [-0.25, -0.2) is 4.79 Å². The number of benzene rings is 1. The summed E-state index contributed by atoms with van der Waals surface area (Å²) in [5, 5.41) is 0. The van der Waals surface area contributed by atoms with Crippen molar-refractivity contribution in [2.45, 2.75) is 33.8 Å². The highest BCUT2D eigenvalue weighted by Gasteiger charge is 2.07. The second kappa shape index (κ2) is 10.2. The van der Waals surface area contributed by atoms with E-state index in [1.165, 1.54) is 11.6 Å². The summed E-state index contributed by atoms with van der Waals surface area (Å²) in [6.07, 6.45) is 4.42. The first-order valence-electron chi connectivity index (χ1n) is 7.58. The molecule has 1 aromatic rings. The second-order valence-electron chi connectivity index (χ2n) is 5.43. The van der Waals surface area contributed by atoms with Gasteiger partial charge in [0.1, 0.15) is 0 Å². The maximum atomic E-state index is 11.2. The molecule has 116 valence electrons. The van der Waals surface area contributed by atoms with Gasteiger partial charge >= 0.3 is 5.97 Å². The third-order valence-electron chi connectivity index (χ3n) is 3.14. The van der Waals surface area contributed by atoms with E-state index in [-0.39, 0.29) is 5.97 Å². The van der Waals surface area contributed by atoms with Crippen molar-refractivity contribution in [3.63, 3.8) is 0 Å². The smallest absolute Gasteiger partial charge is 0.330 e. The molecule has 0 radical (unpaired) electrons. The van der Waals surface area contributed by atoms with Gasteiger partial charge < -0.3 is 9.47 Å². The largest absolute Gasteiger partial charge is 0.463 e. The Labute approximate surface area is 128 Å². The molecule has 0 spiro atoms. The fourth-order valence-corrected chi connectivity index (χ4v) is 2.17. The summed E-state index contributed by atoms with van der Waals surface area (Å²) < 4.78 is 10.6. The molecule has 0 bridgehead atoms. The highest BCUT2D eigenvalue weighted by atomic mass is 16.5. The Morgan fingerprint density at radius 1 is 1.24 bits per heavy atom. The van der Waals surface area contributed by atoms with Crippen molar-refractivity contribution in [2.75, 3.05) is 13.2 Å². The molecule has 0 aliphatic heterocycles. The molecule has 0 saturated carbocycles. The lowest BCUT2D eigenvalue weighted by atomic mass is 9.97. The molecule has 0 aliphatic rings. The van der Waals surface area contributed by atoms with Gasteiger partial charge in [-0.05, 0) is 30.7 Å². The highest BCUT2D eigenvalue weighted by Crippen LogP contribution is 2.14. The average Bonchev–Trinajstić information content (AvgIpc) is 2.46. The van der Waals surface area contributed by atoms with Crippen molar-refractivity contribution in [3.8, 4) is 0 Å². The minimum Gasteiger partial charge on any atom is -0.463 e. The Kier molecular flexibility index (Phi) is 8.44. The lowest BCUT2D eigenvalue weighted by Crippen LogP contribution is -2.09. The fourth-order valence-electron chi connectivity index (χ4n) is 2.17. The molecular weight excluding hydrogens is 264 g/mol. The van der Waals surface area contributed by atoms with E-state index in [0.717, 1.165) is 13.0 Å². The van der Waals surface area contributed by atoms with Crippen molar-refractivity contribution in [3.05, 3.63) is 48.0 Å². The number of carbonyl (C=O) groups is 1. The quantitative estimate of drug-likeness (QED) is 0.509. The molecule has 0 aliphatic carbocycles. The maximum absolute atomic E-state index is 11.2. The predicted molar refractivity (Wildman–Crippen MR) is 84.8 cm³/mol. The van der Waals surface area contributed by atoms with Gasteiger partial charge in [0.15, 0.2) is 0 Å². The fraction of sp³-hybridized carbons (Fsp3) is 0.500. The summed E-state index contributed by atoms with van der Waals surface area (Å²) in [5.74, 6) is 0.526. The molecule has 21 heavy (non-hydrogen) atoms. The lowest BCUT2D eigenvalue weighted by Gasteiger charge is -2.15. The van der Waals surface area contributed by atoms with Gasteiger partial charge in [-0.3, -0.25) is 0 Å². The summed E-state index contributed by atoms with van der Waals surface area (Å²) in [6, 6.07) is 10.2. The van der Waals surface area contributed by atoms with Crippen LogP contribution >= 0.6 is 0 Å². The topological polar surface area (TPSA) is 35.5 Å². The Balaban J connectivity index is 2.20. The Hall–Kier alpha value is -1.61. The van der Waals surface area contributed by atoms with Gasteiger partial charge in [0.05, 0.1) is 13.2 Å². The van der Waals surface area contributed by atoms with E-state index in [4.69, 9.17) is 9.47 Å². The normalized spacial score (nSPS) is 14.0. The van der Waals surface area contributed by atoms with Gasteiger partial charge in [0.25, 0.3) is 0 Å². The van der Waals surface area contributed by atoms with E-state index in [1.54, 1.807) is 6.92 Å². The SMILES string of the molecule is CCOC(=O)/C=C/[C@@H](C)C[C@@H](C)COCc1ccccc1. The van der Waals surface area contributed by atoms with Crippen molar-refractivity contribution in [1.29, 1.82) is 0 Å². The van der Waals surface area contributed by atoms with Crippen LogP contribution in [0.2, 0.25) is 0 Å². The number of hydrogen-bond acceptors (Lipinski definition) is 3.